The van der Waals surface area contributed by atoms with Crippen molar-refractivity contribution in [1.29, 1.82) is 0 Å². The smallest absolute Gasteiger partial charge is 0.261 e. The molecule has 2 heterocycles. The van der Waals surface area contributed by atoms with Crippen LogP contribution in [0.1, 0.15) is 23.7 Å². The Morgan fingerprint density at radius 3 is 2.79 bits per heavy atom. The maximum absolute atomic E-state index is 12.6. The van der Waals surface area contributed by atoms with E-state index in [9.17, 15) is 4.79 Å². The van der Waals surface area contributed by atoms with Crippen LogP contribution in [0.2, 0.25) is 5.02 Å². The first kappa shape index (κ1) is 19.3. The predicted octanol–water partition coefficient (Wildman–Crippen LogP) is 4.24. The fourth-order valence-electron chi connectivity index (χ4n) is 3.49. The van der Waals surface area contributed by atoms with Crippen molar-refractivity contribution in [2.75, 3.05) is 25.7 Å². The molecule has 1 amide bonds. The SMILES string of the molecule is COc1ccc(-c2nc(C3CC(=O)N(c4cccc(Cl)c4C)C3)no2)c(OC)c1. The van der Waals surface area contributed by atoms with Crippen molar-refractivity contribution in [2.45, 2.75) is 19.3 Å². The number of anilines is 1. The molecule has 150 valence electrons. The third-order valence-electron chi connectivity index (χ3n) is 5.10. The van der Waals surface area contributed by atoms with Gasteiger partial charge in [0.25, 0.3) is 5.89 Å². The molecule has 8 heteroatoms. The zero-order chi connectivity index (χ0) is 20.5. The lowest BCUT2D eigenvalue weighted by molar-refractivity contribution is -0.117. The second-order valence-corrected chi connectivity index (χ2v) is 7.22. The summed E-state index contributed by atoms with van der Waals surface area (Å²) in [5.41, 5.74) is 2.35. The number of aromatic nitrogens is 2. The summed E-state index contributed by atoms with van der Waals surface area (Å²) in [5.74, 6) is 1.91. The molecule has 0 radical (unpaired) electrons. The highest BCUT2D eigenvalue weighted by molar-refractivity contribution is 6.31. The topological polar surface area (TPSA) is 77.7 Å². The second kappa shape index (κ2) is 7.75. The van der Waals surface area contributed by atoms with Crippen LogP contribution in [0, 0.1) is 6.92 Å². The summed E-state index contributed by atoms with van der Waals surface area (Å²) in [6, 6.07) is 10.9. The van der Waals surface area contributed by atoms with Gasteiger partial charge in [-0.25, -0.2) is 0 Å². The van der Waals surface area contributed by atoms with Crippen LogP contribution in [0.5, 0.6) is 11.5 Å². The van der Waals surface area contributed by atoms with E-state index in [1.165, 1.54) is 0 Å². The Morgan fingerprint density at radius 1 is 1.21 bits per heavy atom. The minimum absolute atomic E-state index is 0.00810. The van der Waals surface area contributed by atoms with Gasteiger partial charge in [0.15, 0.2) is 5.82 Å². The van der Waals surface area contributed by atoms with Gasteiger partial charge in [-0.15, -0.1) is 0 Å². The molecule has 1 atom stereocenters. The number of hydrogen-bond acceptors (Lipinski definition) is 6. The van der Waals surface area contributed by atoms with Gasteiger partial charge in [-0.05, 0) is 36.8 Å². The van der Waals surface area contributed by atoms with Gasteiger partial charge in [0.2, 0.25) is 5.91 Å². The van der Waals surface area contributed by atoms with Gasteiger partial charge < -0.3 is 18.9 Å². The summed E-state index contributed by atoms with van der Waals surface area (Å²) in [5, 5.41) is 4.75. The van der Waals surface area contributed by atoms with Crippen molar-refractivity contribution in [3.05, 3.63) is 52.8 Å². The first-order chi connectivity index (χ1) is 14.0. The average Bonchev–Trinajstić information content (AvgIpc) is 3.36. The summed E-state index contributed by atoms with van der Waals surface area (Å²) >= 11 is 6.22. The highest BCUT2D eigenvalue weighted by Gasteiger charge is 2.35. The van der Waals surface area contributed by atoms with Gasteiger partial charge in [-0.1, -0.05) is 22.8 Å². The van der Waals surface area contributed by atoms with Crippen LogP contribution in [-0.4, -0.2) is 36.8 Å². The lowest BCUT2D eigenvalue weighted by Crippen LogP contribution is -2.25. The minimum Gasteiger partial charge on any atom is -0.497 e. The number of rotatable bonds is 5. The number of amides is 1. The summed E-state index contributed by atoms with van der Waals surface area (Å²) < 4.78 is 16.1. The van der Waals surface area contributed by atoms with E-state index in [2.05, 4.69) is 10.1 Å². The summed E-state index contributed by atoms with van der Waals surface area (Å²) in [7, 11) is 3.15. The third-order valence-corrected chi connectivity index (χ3v) is 5.51. The number of halogens is 1. The average molecular weight is 414 g/mol. The summed E-state index contributed by atoms with van der Waals surface area (Å²) in [6.07, 6.45) is 0.310. The molecule has 1 saturated heterocycles. The fraction of sp³-hybridized carbons (Fsp3) is 0.286. The second-order valence-electron chi connectivity index (χ2n) is 6.81. The molecule has 0 aliphatic carbocycles. The van der Waals surface area contributed by atoms with E-state index in [1.54, 1.807) is 37.3 Å². The van der Waals surface area contributed by atoms with Crippen LogP contribution in [0.25, 0.3) is 11.5 Å². The normalized spacial score (nSPS) is 16.3. The Bertz CT molecular complexity index is 1070. The quantitative estimate of drug-likeness (QED) is 0.622. The Morgan fingerprint density at radius 2 is 2.03 bits per heavy atom. The van der Waals surface area contributed by atoms with Gasteiger partial charge >= 0.3 is 0 Å². The van der Waals surface area contributed by atoms with E-state index in [1.807, 2.05) is 25.1 Å². The third kappa shape index (κ3) is 3.53. The van der Waals surface area contributed by atoms with Crippen molar-refractivity contribution in [1.82, 2.24) is 10.1 Å². The number of carbonyl (C=O) groups excluding carboxylic acids is 1. The molecule has 1 aliphatic rings. The molecular formula is C21H20ClN3O4. The fourth-order valence-corrected chi connectivity index (χ4v) is 3.66. The van der Waals surface area contributed by atoms with Gasteiger partial charge in [-0.3, -0.25) is 4.79 Å². The molecule has 1 aliphatic heterocycles. The largest absolute Gasteiger partial charge is 0.497 e. The molecule has 3 aromatic rings. The molecule has 7 nitrogen and oxygen atoms in total. The Balaban J connectivity index is 1.59. The number of carbonyl (C=O) groups is 1. The molecule has 0 N–H and O–H groups in total. The van der Waals surface area contributed by atoms with Crippen LogP contribution in [0.4, 0.5) is 5.69 Å². The van der Waals surface area contributed by atoms with Crippen molar-refractivity contribution in [2.24, 2.45) is 0 Å². The van der Waals surface area contributed by atoms with Crippen molar-refractivity contribution < 1.29 is 18.8 Å². The van der Waals surface area contributed by atoms with E-state index in [0.717, 1.165) is 11.3 Å². The summed E-state index contributed by atoms with van der Waals surface area (Å²) in [4.78, 5) is 18.9. The van der Waals surface area contributed by atoms with Crippen LogP contribution >= 0.6 is 11.6 Å². The van der Waals surface area contributed by atoms with Crippen LogP contribution in [0.15, 0.2) is 40.9 Å². The molecule has 0 saturated carbocycles. The number of ether oxygens (including phenoxy) is 2. The number of benzene rings is 2. The van der Waals surface area contributed by atoms with Gasteiger partial charge in [-0.2, -0.15) is 4.98 Å². The standard InChI is InChI=1S/C21H20ClN3O4/c1-12-16(22)5-4-6-17(12)25-11-13(9-19(25)26)20-23-21(29-24-20)15-8-7-14(27-2)10-18(15)28-3/h4-8,10,13H,9,11H2,1-3H3. The molecule has 0 spiro atoms. The number of hydrogen-bond donors (Lipinski definition) is 0. The van der Waals surface area contributed by atoms with Gasteiger partial charge in [0.05, 0.1) is 19.8 Å². The molecular weight excluding hydrogens is 394 g/mol. The summed E-state index contributed by atoms with van der Waals surface area (Å²) in [6.45, 7) is 2.37. The molecule has 29 heavy (non-hydrogen) atoms. The van der Waals surface area contributed by atoms with E-state index in [0.29, 0.717) is 46.8 Å². The first-order valence-electron chi connectivity index (χ1n) is 9.13. The molecule has 1 fully saturated rings. The lowest BCUT2D eigenvalue weighted by Gasteiger charge is -2.19. The Kier molecular flexibility index (Phi) is 5.15. The minimum atomic E-state index is -0.164. The molecule has 1 unspecified atom stereocenters. The maximum atomic E-state index is 12.6. The van der Waals surface area contributed by atoms with E-state index in [-0.39, 0.29) is 11.8 Å². The van der Waals surface area contributed by atoms with E-state index >= 15 is 0 Å². The van der Waals surface area contributed by atoms with E-state index in [4.69, 9.17) is 25.6 Å². The van der Waals surface area contributed by atoms with E-state index < -0.39 is 0 Å². The zero-order valence-corrected chi connectivity index (χ0v) is 17.1. The molecule has 2 aromatic carbocycles. The van der Waals surface area contributed by atoms with Crippen LogP contribution < -0.4 is 14.4 Å². The van der Waals surface area contributed by atoms with Crippen molar-refractivity contribution >= 4 is 23.2 Å². The van der Waals surface area contributed by atoms with Gasteiger partial charge in [0, 0.05) is 35.7 Å². The highest BCUT2D eigenvalue weighted by Crippen LogP contribution is 2.36. The van der Waals surface area contributed by atoms with Crippen molar-refractivity contribution in [3.8, 4) is 23.0 Å². The molecule has 4 rings (SSSR count). The molecule has 1 aromatic heterocycles. The zero-order valence-electron chi connectivity index (χ0n) is 16.3. The Hall–Kier alpha value is -3.06. The Labute approximate surface area is 173 Å². The number of nitrogens with zero attached hydrogens (tertiary/aromatic N) is 3. The lowest BCUT2D eigenvalue weighted by atomic mass is 10.1. The van der Waals surface area contributed by atoms with Crippen LogP contribution in [-0.2, 0) is 4.79 Å². The number of methoxy groups -OCH3 is 2. The van der Waals surface area contributed by atoms with Crippen LogP contribution in [0.3, 0.4) is 0 Å². The highest BCUT2D eigenvalue weighted by atomic mass is 35.5. The van der Waals surface area contributed by atoms with Crippen molar-refractivity contribution in [3.63, 3.8) is 0 Å². The molecule has 0 bridgehead atoms. The monoisotopic (exact) mass is 413 g/mol. The first-order valence-corrected chi connectivity index (χ1v) is 9.51. The predicted molar refractivity (Wildman–Crippen MR) is 109 cm³/mol. The van der Waals surface area contributed by atoms with Gasteiger partial charge in [0.1, 0.15) is 11.5 Å². The maximum Gasteiger partial charge on any atom is 0.261 e.